The van der Waals surface area contributed by atoms with E-state index in [4.69, 9.17) is 15.0 Å². The Morgan fingerprint density at radius 1 is 1.69 bits per heavy atom. The van der Waals surface area contributed by atoms with Gasteiger partial charge in [-0.05, 0) is 6.26 Å². The first-order valence-corrected chi connectivity index (χ1v) is 5.23. The highest BCUT2D eigenvalue weighted by molar-refractivity contribution is 7.97. The predicted octanol–water partition coefficient (Wildman–Crippen LogP) is 0.579. The predicted molar refractivity (Wildman–Crippen MR) is 50.3 cm³/mol. The summed E-state index contributed by atoms with van der Waals surface area (Å²) < 4.78 is 9.82. The van der Waals surface area contributed by atoms with Crippen molar-refractivity contribution in [3.05, 3.63) is 11.7 Å². The number of hydrogen-bond donors (Lipinski definition) is 1. The minimum Gasteiger partial charge on any atom is -0.383 e. The summed E-state index contributed by atoms with van der Waals surface area (Å²) in [6.45, 7) is 0.390. The summed E-state index contributed by atoms with van der Waals surface area (Å²) in [5.41, 5.74) is 5.69. The van der Waals surface area contributed by atoms with E-state index < -0.39 is 0 Å². The first-order valence-electron chi connectivity index (χ1n) is 3.84. The van der Waals surface area contributed by atoms with Crippen molar-refractivity contribution in [2.24, 2.45) is 5.73 Å². The van der Waals surface area contributed by atoms with Gasteiger partial charge >= 0.3 is 0 Å². The maximum atomic E-state index is 5.69. The smallest absolute Gasteiger partial charge is 0.245 e. The minimum absolute atomic E-state index is 0.326. The van der Waals surface area contributed by atoms with Gasteiger partial charge in [0.05, 0.1) is 12.4 Å². The highest BCUT2D eigenvalue weighted by Crippen LogP contribution is 2.10. The zero-order valence-corrected chi connectivity index (χ0v) is 8.50. The molecule has 13 heavy (non-hydrogen) atoms. The van der Waals surface area contributed by atoms with Crippen molar-refractivity contribution >= 4 is 11.8 Å². The molecule has 0 aromatic carbocycles. The van der Waals surface area contributed by atoms with Gasteiger partial charge in [-0.25, -0.2) is 0 Å². The van der Waals surface area contributed by atoms with Gasteiger partial charge in [-0.3, -0.25) is 0 Å². The van der Waals surface area contributed by atoms with Crippen LogP contribution < -0.4 is 5.73 Å². The average Bonchev–Trinajstić information content (AvgIpc) is 2.54. The van der Waals surface area contributed by atoms with Crippen LogP contribution in [0.15, 0.2) is 4.52 Å². The highest BCUT2D eigenvalue weighted by atomic mass is 32.2. The Morgan fingerprint density at radius 2 is 2.46 bits per heavy atom. The Labute approximate surface area is 81.0 Å². The zero-order chi connectivity index (χ0) is 9.68. The topological polar surface area (TPSA) is 74.2 Å². The van der Waals surface area contributed by atoms with Gasteiger partial charge in [0, 0.05) is 7.11 Å². The van der Waals surface area contributed by atoms with Gasteiger partial charge in [0.15, 0.2) is 5.82 Å². The van der Waals surface area contributed by atoms with E-state index in [1.807, 2.05) is 6.26 Å². The molecule has 0 bridgehead atoms. The summed E-state index contributed by atoms with van der Waals surface area (Å²) in [7, 11) is 1.58. The molecular weight excluding hydrogens is 190 g/mol. The molecule has 1 heterocycles. The van der Waals surface area contributed by atoms with Gasteiger partial charge in [-0.1, -0.05) is 5.16 Å². The van der Waals surface area contributed by atoms with E-state index in [2.05, 4.69) is 10.1 Å². The van der Waals surface area contributed by atoms with Crippen LogP contribution in [0.25, 0.3) is 0 Å². The molecule has 0 spiro atoms. The number of rotatable bonds is 5. The molecule has 0 saturated carbocycles. The normalized spacial score (nSPS) is 13.2. The summed E-state index contributed by atoms with van der Waals surface area (Å²) in [6, 6.07) is -0.326. The molecule has 1 aromatic heterocycles. The van der Waals surface area contributed by atoms with Crippen LogP contribution in [0.3, 0.4) is 0 Å². The van der Waals surface area contributed by atoms with Crippen LogP contribution in [0, 0.1) is 0 Å². The summed E-state index contributed by atoms with van der Waals surface area (Å²) >= 11 is 1.64. The van der Waals surface area contributed by atoms with E-state index in [9.17, 15) is 0 Å². The Balaban J connectivity index is 2.56. The fourth-order valence-electron chi connectivity index (χ4n) is 0.857. The minimum atomic E-state index is -0.326. The number of aromatic nitrogens is 2. The molecule has 0 aliphatic carbocycles. The van der Waals surface area contributed by atoms with E-state index in [1.54, 1.807) is 18.9 Å². The van der Waals surface area contributed by atoms with Gasteiger partial charge in [0.1, 0.15) is 6.04 Å². The second kappa shape index (κ2) is 5.21. The van der Waals surface area contributed by atoms with Crippen molar-refractivity contribution in [2.45, 2.75) is 11.8 Å². The van der Waals surface area contributed by atoms with Crippen molar-refractivity contribution in [2.75, 3.05) is 20.0 Å². The van der Waals surface area contributed by atoms with Crippen molar-refractivity contribution in [3.63, 3.8) is 0 Å². The Hall–Kier alpha value is -0.590. The van der Waals surface area contributed by atoms with E-state index >= 15 is 0 Å². The lowest BCUT2D eigenvalue weighted by molar-refractivity contribution is 0.166. The Morgan fingerprint density at radius 3 is 3.08 bits per heavy atom. The summed E-state index contributed by atoms with van der Waals surface area (Å²) in [4.78, 5) is 4.11. The SMILES string of the molecule is COCC(N)c1nc(CSC)no1. The monoisotopic (exact) mass is 203 g/mol. The molecule has 0 aliphatic heterocycles. The molecule has 74 valence electrons. The third kappa shape index (κ3) is 2.98. The van der Waals surface area contributed by atoms with Crippen LogP contribution in [0.2, 0.25) is 0 Å². The quantitative estimate of drug-likeness (QED) is 0.754. The molecule has 1 rings (SSSR count). The lowest BCUT2D eigenvalue weighted by Crippen LogP contribution is -2.16. The molecule has 1 unspecified atom stereocenters. The number of thioether (sulfide) groups is 1. The number of hydrogen-bond acceptors (Lipinski definition) is 6. The fraction of sp³-hybridized carbons (Fsp3) is 0.714. The number of nitrogens with zero attached hydrogens (tertiary/aromatic N) is 2. The average molecular weight is 203 g/mol. The molecule has 6 heteroatoms. The van der Waals surface area contributed by atoms with Crippen molar-refractivity contribution in [1.29, 1.82) is 0 Å². The van der Waals surface area contributed by atoms with Gasteiger partial charge in [0.25, 0.3) is 0 Å². The van der Waals surface area contributed by atoms with Crippen LogP contribution in [0.4, 0.5) is 0 Å². The highest BCUT2D eigenvalue weighted by Gasteiger charge is 2.13. The van der Waals surface area contributed by atoms with E-state index in [0.717, 1.165) is 5.75 Å². The van der Waals surface area contributed by atoms with Gasteiger partial charge in [-0.15, -0.1) is 0 Å². The molecular formula is C7H13N3O2S. The van der Waals surface area contributed by atoms with E-state index in [-0.39, 0.29) is 6.04 Å². The zero-order valence-electron chi connectivity index (χ0n) is 7.69. The van der Waals surface area contributed by atoms with Gasteiger partial charge in [-0.2, -0.15) is 16.7 Å². The first-order chi connectivity index (χ1) is 6.27. The molecule has 2 N–H and O–H groups in total. The standard InChI is InChI=1S/C7H13N3O2S/c1-11-3-5(8)7-9-6(4-13-2)10-12-7/h5H,3-4,8H2,1-2H3. The largest absolute Gasteiger partial charge is 0.383 e. The first kappa shape index (κ1) is 10.5. The van der Waals surface area contributed by atoms with Crippen LogP contribution in [0.1, 0.15) is 17.8 Å². The molecule has 0 radical (unpaired) electrons. The van der Waals surface area contributed by atoms with Crippen LogP contribution >= 0.6 is 11.8 Å². The maximum Gasteiger partial charge on any atom is 0.245 e. The van der Waals surface area contributed by atoms with Crippen molar-refractivity contribution in [1.82, 2.24) is 10.1 Å². The molecule has 0 aliphatic rings. The number of nitrogens with two attached hydrogens (primary N) is 1. The van der Waals surface area contributed by atoms with E-state index in [1.165, 1.54) is 0 Å². The Bertz CT molecular complexity index is 254. The summed E-state index contributed by atoms with van der Waals surface area (Å²) in [6.07, 6.45) is 1.98. The van der Waals surface area contributed by atoms with Gasteiger partial charge < -0.3 is 15.0 Å². The molecule has 5 nitrogen and oxygen atoms in total. The van der Waals surface area contributed by atoms with Gasteiger partial charge in [0.2, 0.25) is 5.89 Å². The summed E-state index contributed by atoms with van der Waals surface area (Å²) in [5, 5.41) is 3.77. The third-order valence-corrected chi connectivity index (χ3v) is 1.97. The number of methoxy groups -OCH3 is 1. The maximum absolute atomic E-state index is 5.69. The molecule has 1 atom stereocenters. The lowest BCUT2D eigenvalue weighted by Gasteiger charge is -2.02. The fourth-order valence-corrected chi connectivity index (χ4v) is 1.23. The third-order valence-electron chi connectivity index (χ3n) is 1.42. The van der Waals surface area contributed by atoms with Crippen molar-refractivity contribution < 1.29 is 9.26 Å². The van der Waals surface area contributed by atoms with E-state index in [0.29, 0.717) is 18.3 Å². The summed E-state index contributed by atoms with van der Waals surface area (Å²) in [5.74, 6) is 1.85. The number of ether oxygens (including phenoxy) is 1. The molecule has 0 saturated heterocycles. The second-order valence-electron chi connectivity index (χ2n) is 2.54. The molecule has 1 aromatic rings. The van der Waals surface area contributed by atoms with Crippen LogP contribution in [0.5, 0.6) is 0 Å². The molecule has 0 fully saturated rings. The van der Waals surface area contributed by atoms with Crippen molar-refractivity contribution in [3.8, 4) is 0 Å². The van der Waals surface area contributed by atoms with Crippen LogP contribution in [-0.2, 0) is 10.5 Å². The molecule has 0 amide bonds. The second-order valence-corrected chi connectivity index (χ2v) is 3.41. The van der Waals surface area contributed by atoms with Crippen LogP contribution in [-0.4, -0.2) is 30.1 Å². The Kier molecular flexibility index (Phi) is 4.20. The lowest BCUT2D eigenvalue weighted by atomic mass is 10.3.